The summed E-state index contributed by atoms with van der Waals surface area (Å²) in [7, 11) is 1.94. The van der Waals surface area contributed by atoms with Crippen LogP contribution < -0.4 is 5.32 Å². The van der Waals surface area contributed by atoms with Crippen molar-refractivity contribution < 1.29 is 4.79 Å². The average molecular weight is 303 g/mol. The van der Waals surface area contributed by atoms with Gasteiger partial charge >= 0.3 is 6.03 Å². The second kappa shape index (κ2) is 7.63. The molecule has 0 atom stereocenters. The van der Waals surface area contributed by atoms with Gasteiger partial charge in [0.25, 0.3) is 0 Å². The van der Waals surface area contributed by atoms with Crippen molar-refractivity contribution >= 4 is 6.03 Å². The first kappa shape index (κ1) is 16.8. The Morgan fingerprint density at radius 1 is 1.14 bits per heavy atom. The highest BCUT2D eigenvalue weighted by Crippen LogP contribution is 2.34. The number of rotatable bonds is 5. The Balaban J connectivity index is 2.19. The summed E-state index contributed by atoms with van der Waals surface area (Å²) in [6.45, 7) is 8.41. The molecule has 4 heteroatoms. The summed E-state index contributed by atoms with van der Waals surface area (Å²) in [5, 5.41) is 3.44. The summed E-state index contributed by atoms with van der Waals surface area (Å²) in [6, 6.07) is 10.8. The summed E-state index contributed by atoms with van der Waals surface area (Å²) in [5.74, 6) is 0. The molecule has 0 unspecified atom stereocenters. The molecular weight excluding hydrogens is 274 g/mol. The van der Waals surface area contributed by atoms with Crippen LogP contribution in [0.2, 0.25) is 0 Å². The maximum Gasteiger partial charge on any atom is 0.319 e. The quantitative estimate of drug-likeness (QED) is 0.908. The van der Waals surface area contributed by atoms with E-state index in [0.29, 0.717) is 0 Å². The van der Waals surface area contributed by atoms with Crippen LogP contribution in [0.15, 0.2) is 30.3 Å². The number of hydrogen-bond donors (Lipinski definition) is 1. The summed E-state index contributed by atoms with van der Waals surface area (Å²) in [6.07, 6.45) is 2.15. The van der Waals surface area contributed by atoms with Gasteiger partial charge in [-0.3, -0.25) is 0 Å². The first-order valence-electron chi connectivity index (χ1n) is 8.39. The fourth-order valence-corrected chi connectivity index (χ4v) is 3.49. The van der Waals surface area contributed by atoms with Gasteiger partial charge in [0.15, 0.2) is 0 Å². The van der Waals surface area contributed by atoms with Crippen molar-refractivity contribution in [3.05, 3.63) is 35.9 Å². The molecule has 1 heterocycles. The van der Waals surface area contributed by atoms with Crippen LogP contribution in [0.4, 0.5) is 4.79 Å². The average Bonchev–Trinajstić information content (AvgIpc) is 2.57. The standard InChI is InChI=1S/C18H29N3O/c1-4-21(5-2)17(22)20(3)15-18(11-13-19-14-12-18)16-9-7-6-8-10-16/h6-10,19H,4-5,11-15H2,1-3H3. The number of carbonyl (C=O) groups is 1. The number of benzene rings is 1. The van der Waals surface area contributed by atoms with E-state index in [2.05, 4.69) is 35.6 Å². The molecule has 1 aliphatic rings. The smallest absolute Gasteiger partial charge is 0.319 e. The molecule has 0 saturated carbocycles. The number of nitrogens with zero attached hydrogens (tertiary/aromatic N) is 2. The molecule has 0 aliphatic carbocycles. The molecular formula is C18H29N3O. The van der Waals surface area contributed by atoms with Gasteiger partial charge in [0.1, 0.15) is 0 Å². The molecule has 1 N–H and O–H groups in total. The van der Waals surface area contributed by atoms with Crippen molar-refractivity contribution in [2.75, 3.05) is 39.8 Å². The lowest BCUT2D eigenvalue weighted by Crippen LogP contribution is -2.51. The fourth-order valence-electron chi connectivity index (χ4n) is 3.49. The molecule has 1 aliphatic heterocycles. The summed E-state index contributed by atoms with van der Waals surface area (Å²) in [4.78, 5) is 16.4. The van der Waals surface area contributed by atoms with Crippen LogP contribution in [-0.2, 0) is 5.41 Å². The van der Waals surface area contributed by atoms with Gasteiger partial charge in [-0.05, 0) is 45.3 Å². The molecule has 2 amide bonds. The molecule has 1 aromatic rings. The van der Waals surface area contributed by atoms with E-state index in [-0.39, 0.29) is 11.4 Å². The molecule has 0 radical (unpaired) electrons. The van der Waals surface area contributed by atoms with Crippen molar-refractivity contribution in [1.29, 1.82) is 0 Å². The minimum atomic E-state index is 0.0735. The SMILES string of the molecule is CCN(CC)C(=O)N(C)CC1(c2ccccc2)CCNCC1. The Bertz CT molecular complexity index is 464. The normalized spacial score (nSPS) is 17.0. The Morgan fingerprint density at radius 3 is 2.27 bits per heavy atom. The highest BCUT2D eigenvalue weighted by Gasteiger charge is 2.36. The number of nitrogens with one attached hydrogen (secondary N) is 1. The zero-order valence-electron chi connectivity index (χ0n) is 14.1. The molecule has 1 fully saturated rings. The molecule has 0 spiro atoms. The summed E-state index contributed by atoms with van der Waals surface area (Å²) in [5.41, 5.74) is 1.43. The molecule has 22 heavy (non-hydrogen) atoms. The van der Waals surface area contributed by atoms with Gasteiger partial charge in [-0.1, -0.05) is 30.3 Å². The van der Waals surface area contributed by atoms with Crippen LogP contribution in [0.25, 0.3) is 0 Å². The third-order valence-electron chi connectivity index (χ3n) is 4.85. The van der Waals surface area contributed by atoms with Crippen molar-refractivity contribution in [3.8, 4) is 0 Å². The maximum absolute atomic E-state index is 12.6. The van der Waals surface area contributed by atoms with E-state index in [0.717, 1.165) is 45.6 Å². The van der Waals surface area contributed by atoms with Gasteiger partial charge in [0.05, 0.1) is 0 Å². The molecule has 122 valence electrons. The third-order valence-corrected chi connectivity index (χ3v) is 4.85. The van der Waals surface area contributed by atoms with Crippen LogP contribution in [0.1, 0.15) is 32.3 Å². The van der Waals surface area contributed by atoms with Gasteiger partial charge in [-0.15, -0.1) is 0 Å². The van der Waals surface area contributed by atoms with Crippen molar-refractivity contribution in [2.45, 2.75) is 32.1 Å². The Hall–Kier alpha value is -1.55. The van der Waals surface area contributed by atoms with E-state index in [1.807, 2.05) is 30.7 Å². The van der Waals surface area contributed by atoms with Crippen LogP contribution in [0.3, 0.4) is 0 Å². The fraction of sp³-hybridized carbons (Fsp3) is 0.611. The predicted molar refractivity (Wildman–Crippen MR) is 91.2 cm³/mol. The second-order valence-electron chi connectivity index (χ2n) is 6.21. The second-order valence-corrected chi connectivity index (χ2v) is 6.21. The number of hydrogen-bond acceptors (Lipinski definition) is 2. The number of urea groups is 1. The Morgan fingerprint density at radius 2 is 1.73 bits per heavy atom. The molecule has 0 bridgehead atoms. The highest BCUT2D eigenvalue weighted by atomic mass is 16.2. The van der Waals surface area contributed by atoms with E-state index >= 15 is 0 Å². The van der Waals surface area contributed by atoms with Gasteiger partial charge in [0.2, 0.25) is 0 Å². The first-order valence-corrected chi connectivity index (χ1v) is 8.39. The topological polar surface area (TPSA) is 35.6 Å². The molecule has 1 aromatic carbocycles. The van der Waals surface area contributed by atoms with Crippen molar-refractivity contribution in [1.82, 2.24) is 15.1 Å². The van der Waals surface area contributed by atoms with Crippen LogP contribution >= 0.6 is 0 Å². The van der Waals surface area contributed by atoms with Gasteiger partial charge < -0.3 is 15.1 Å². The monoisotopic (exact) mass is 303 g/mol. The highest BCUT2D eigenvalue weighted by molar-refractivity contribution is 5.74. The Labute approximate surface area is 134 Å². The van der Waals surface area contributed by atoms with E-state index in [1.54, 1.807) is 0 Å². The zero-order chi connectivity index (χ0) is 16.0. The number of likely N-dealkylation sites (N-methyl/N-ethyl adjacent to an activating group) is 1. The maximum atomic E-state index is 12.6. The lowest BCUT2D eigenvalue weighted by atomic mass is 9.73. The molecule has 4 nitrogen and oxygen atoms in total. The van der Waals surface area contributed by atoms with Gasteiger partial charge in [-0.2, -0.15) is 0 Å². The number of amides is 2. The van der Waals surface area contributed by atoms with E-state index in [4.69, 9.17) is 0 Å². The molecule has 2 rings (SSSR count). The van der Waals surface area contributed by atoms with Crippen LogP contribution in [-0.4, -0.2) is 55.6 Å². The Kier molecular flexibility index (Phi) is 5.83. The van der Waals surface area contributed by atoms with Gasteiger partial charge in [0, 0.05) is 32.1 Å². The van der Waals surface area contributed by atoms with Gasteiger partial charge in [-0.25, -0.2) is 4.79 Å². The minimum Gasteiger partial charge on any atom is -0.327 e. The minimum absolute atomic E-state index is 0.0735. The summed E-state index contributed by atoms with van der Waals surface area (Å²) >= 11 is 0. The van der Waals surface area contributed by atoms with E-state index < -0.39 is 0 Å². The largest absolute Gasteiger partial charge is 0.327 e. The van der Waals surface area contributed by atoms with Crippen LogP contribution in [0, 0.1) is 0 Å². The van der Waals surface area contributed by atoms with Crippen LogP contribution in [0.5, 0.6) is 0 Å². The predicted octanol–water partition coefficient (Wildman–Crippen LogP) is 2.70. The zero-order valence-corrected chi connectivity index (χ0v) is 14.1. The van der Waals surface area contributed by atoms with Crippen molar-refractivity contribution in [2.24, 2.45) is 0 Å². The molecule has 0 aromatic heterocycles. The third kappa shape index (κ3) is 3.61. The van der Waals surface area contributed by atoms with E-state index in [1.165, 1.54) is 5.56 Å². The van der Waals surface area contributed by atoms with E-state index in [9.17, 15) is 4.79 Å². The lowest BCUT2D eigenvalue weighted by molar-refractivity contribution is 0.147. The van der Waals surface area contributed by atoms with Crippen molar-refractivity contribution in [3.63, 3.8) is 0 Å². The first-order chi connectivity index (χ1) is 10.6. The molecule has 1 saturated heterocycles. The number of carbonyl (C=O) groups excluding carboxylic acids is 1. The lowest BCUT2D eigenvalue weighted by Gasteiger charge is -2.41. The summed E-state index contributed by atoms with van der Waals surface area (Å²) < 4.78 is 0. The number of piperidine rings is 1.